The lowest BCUT2D eigenvalue weighted by Crippen LogP contribution is -1.99. The monoisotopic (exact) mass is 647 g/mol. The highest BCUT2D eigenvalue weighted by Crippen LogP contribution is 2.43. The number of aromatic hydroxyl groups is 1. The maximum absolute atomic E-state index is 12.4. The van der Waals surface area contributed by atoms with Crippen LogP contribution in [0.4, 0.5) is 34.1 Å². The summed E-state index contributed by atoms with van der Waals surface area (Å²) in [6.45, 7) is 1.70. The first-order chi connectivity index (χ1) is 21.3. The van der Waals surface area contributed by atoms with Crippen LogP contribution in [0.5, 0.6) is 11.5 Å². The highest BCUT2D eigenvalue weighted by molar-refractivity contribution is 7.86. The van der Waals surface area contributed by atoms with E-state index in [1.54, 1.807) is 31.2 Å². The molecular formula is C30H25N5O8S2. The first kappa shape index (κ1) is 31.2. The molecule has 0 aromatic heterocycles. The maximum Gasteiger partial charge on any atom is 0.296 e. The van der Waals surface area contributed by atoms with E-state index < -0.39 is 36.6 Å². The summed E-state index contributed by atoms with van der Waals surface area (Å²) >= 11 is 0. The third kappa shape index (κ3) is 7.13. The molecule has 45 heavy (non-hydrogen) atoms. The standard InChI is InChI=1S/C30H25N5O8S2/c1-18-14-26(27(43-2)17-25(18)33-32-21-8-11-23(12-9-21)44(37,38)39)34-35-29-28(45(40,41)42)16-19-15-22(10-13-24(19)30(29)36)31-20-6-4-3-5-7-20/h3-17,31,36H,1-2H3,(H,37,38,39)(H,40,41,42). The van der Waals surface area contributed by atoms with Gasteiger partial charge in [0.1, 0.15) is 22.0 Å². The smallest absolute Gasteiger partial charge is 0.296 e. The van der Waals surface area contributed by atoms with Crippen LogP contribution in [0.25, 0.3) is 10.8 Å². The summed E-state index contributed by atoms with van der Waals surface area (Å²) in [5, 5.41) is 31.2. The van der Waals surface area contributed by atoms with E-state index in [4.69, 9.17) is 9.29 Å². The molecule has 4 N–H and O–H groups in total. The van der Waals surface area contributed by atoms with Crippen molar-refractivity contribution in [2.75, 3.05) is 12.4 Å². The zero-order chi connectivity index (χ0) is 32.4. The second-order valence-corrected chi connectivity index (χ2v) is 12.5. The average Bonchev–Trinajstić information content (AvgIpc) is 2.99. The number of ether oxygens (including phenoxy) is 1. The minimum atomic E-state index is -4.84. The Bertz CT molecular complexity index is 2190. The third-order valence-corrected chi connectivity index (χ3v) is 8.29. The van der Waals surface area contributed by atoms with Crippen LogP contribution in [0.3, 0.4) is 0 Å². The van der Waals surface area contributed by atoms with Crippen LogP contribution in [-0.2, 0) is 20.2 Å². The van der Waals surface area contributed by atoms with Gasteiger partial charge in [-0.25, -0.2) is 0 Å². The van der Waals surface area contributed by atoms with Crippen molar-refractivity contribution in [1.82, 2.24) is 0 Å². The van der Waals surface area contributed by atoms with Crippen LogP contribution in [0.2, 0.25) is 0 Å². The number of anilines is 2. The van der Waals surface area contributed by atoms with E-state index >= 15 is 0 Å². The van der Waals surface area contributed by atoms with E-state index in [9.17, 15) is 26.5 Å². The van der Waals surface area contributed by atoms with Gasteiger partial charge in [-0.3, -0.25) is 9.11 Å². The number of azo groups is 2. The lowest BCUT2D eigenvalue weighted by atomic mass is 10.1. The summed E-state index contributed by atoms with van der Waals surface area (Å²) < 4.78 is 71.7. The average molecular weight is 648 g/mol. The summed E-state index contributed by atoms with van der Waals surface area (Å²) in [6.07, 6.45) is 0. The van der Waals surface area contributed by atoms with Crippen LogP contribution in [0.15, 0.2) is 121 Å². The van der Waals surface area contributed by atoms with Crippen LogP contribution in [0.1, 0.15) is 5.56 Å². The Morgan fingerprint density at radius 2 is 1.40 bits per heavy atom. The van der Waals surface area contributed by atoms with Gasteiger partial charge in [-0.2, -0.15) is 27.1 Å². The maximum atomic E-state index is 12.4. The molecule has 0 fully saturated rings. The van der Waals surface area contributed by atoms with Crippen LogP contribution in [-0.4, -0.2) is 38.2 Å². The Hall–Kier alpha value is -5.22. The van der Waals surface area contributed by atoms with Gasteiger partial charge in [0.15, 0.2) is 5.75 Å². The Morgan fingerprint density at radius 1 is 0.711 bits per heavy atom. The lowest BCUT2D eigenvalue weighted by Gasteiger charge is -2.12. The van der Waals surface area contributed by atoms with Crippen molar-refractivity contribution in [3.05, 3.63) is 96.6 Å². The minimum absolute atomic E-state index is 0.162. The first-order valence-electron chi connectivity index (χ1n) is 13.0. The van der Waals surface area contributed by atoms with Crippen LogP contribution in [0, 0.1) is 6.92 Å². The van der Waals surface area contributed by atoms with E-state index in [0.717, 1.165) is 5.69 Å². The molecule has 0 radical (unpaired) electrons. The fourth-order valence-electron chi connectivity index (χ4n) is 4.32. The molecule has 0 bridgehead atoms. The molecule has 5 rings (SSSR count). The summed E-state index contributed by atoms with van der Waals surface area (Å²) in [4.78, 5) is -0.928. The quantitative estimate of drug-likeness (QED) is 0.0905. The molecule has 0 amide bonds. The van der Waals surface area contributed by atoms with Crippen molar-refractivity contribution in [3.8, 4) is 11.5 Å². The molecule has 0 aliphatic heterocycles. The number of fused-ring (bicyclic) bond motifs is 1. The van der Waals surface area contributed by atoms with Crippen molar-refractivity contribution in [1.29, 1.82) is 0 Å². The Kier molecular flexibility index (Phi) is 8.61. The number of hydrogen-bond donors (Lipinski definition) is 4. The van der Waals surface area contributed by atoms with E-state index in [1.807, 2.05) is 30.3 Å². The fourth-order valence-corrected chi connectivity index (χ4v) is 5.46. The molecule has 0 atom stereocenters. The van der Waals surface area contributed by atoms with Gasteiger partial charge in [0, 0.05) is 22.8 Å². The Morgan fingerprint density at radius 3 is 2.04 bits per heavy atom. The minimum Gasteiger partial charge on any atom is -0.505 e. The highest BCUT2D eigenvalue weighted by atomic mass is 32.2. The van der Waals surface area contributed by atoms with Crippen molar-refractivity contribution < 1.29 is 35.8 Å². The van der Waals surface area contributed by atoms with Gasteiger partial charge < -0.3 is 15.2 Å². The molecule has 0 unspecified atom stereocenters. The predicted octanol–water partition coefficient (Wildman–Crippen LogP) is 7.93. The lowest BCUT2D eigenvalue weighted by molar-refractivity contribution is 0.416. The zero-order valence-electron chi connectivity index (χ0n) is 23.6. The van der Waals surface area contributed by atoms with E-state index in [-0.39, 0.29) is 21.7 Å². The zero-order valence-corrected chi connectivity index (χ0v) is 25.3. The van der Waals surface area contributed by atoms with Gasteiger partial charge >= 0.3 is 0 Å². The summed E-state index contributed by atoms with van der Waals surface area (Å²) in [5.74, 6) is -0.318. The topological polar surface area (TPSA) is 200 Å². The van der Waals surface area contributed by atoms with E-state index in [0.29, 0.717) is 28.0 Å². The SMILES string of the molecule is COc1cc(N=Nc2ccc(S(=O)(=O)O)cc2)c(C)cc1N=Nc1c(S(=O)(=O)O)cc2cc(Nc3ccccc3)ccc2c1O. The number of rotatable bonds is 9. The summed E-state index contributed by atoms with van der Waals surface area (Å²) in [7, 11) is -7.81. The number of phenols is 1. The fraction of sp³-hybridized carbons (Fsp3) is 0.0667. The van der Waals surface area contributed by atoms with Gasteiger partial charge in [0.05, 0.1) is 23.4 Å². The Balaban J connectivity index is 1.49. The molecule has 15 heteroatoms. The number of benzene rings is 5. The largest absolute Gasteiger partial charge is 0.505 e. The van der Waals surface area contributed by atoms with Gasteiger partial charge in [-0.1, -0.05) is 18.2 Å². The summed E-state index contributed by atoms with van der Waals surface area (Å²) in [5.41, 5.74) is 2.37. The normalized spacial score (nSPS) is 12.3. The molecule has 13 nitrogen and oxygen atoms in total. The van der Waals surface area contributed by atoms with Gasteiger partial charge in [0.25, 0.3) is 20.2 Å². The summed E-state index contributed by atoms with van der Waals surface area (Å²) in [6, 6.07) is 23.6. The molecule has 0 saturated carbocycles. The first-order valence-corrected chi connectivity index (χ1v) is 15.9. The number of phenolic OH excluding ortho intramolecular Hbond substituents is 1. The second-order valence-electron chi connectivity index (χ2n) is 9.65. The number of para-hydroxylation sites is 1. The van der Waals surface area contributed by atoms with E-state index in [2.05, 4.69) is 25.8 Å². The molecule has 5 aromatic rings. The van der Waals surface area contributed by atoms with E-state index in [1.165, 1.54) is 43.5 Å². The highest BCUT2D eigenvalue weighted by Gasteiger charge is 2.22. The van der Waals surface area contributed by atoms with Crippen LogP contribution >= 0.6 is 0 Å². The number of nitrogens with one attached hydrogen (secondary N) is 1. The molecule has 230 valence electrons. The third-order valence-electron chi connectivity index (χ3n) is 6.55. The van der Waals surface area contributed by atoms with Crippen LogP contribution < -0.4 is 10.1 Å². The molecule has 0 aliphatic carbocycles. The molecule has 0 spiro atoms. The van der Waals surface area contributed by atoms with Gasteiger partial charge in [0.2, 0.25) is 0 Å². The van der Waals surface area contributed by atoms with Gasteiger partial charge in [-0.15, -0.1) is 10.2 Å². The second kappa shape index (κ2) is 12.4. The number of hydrogen-bond acceptors (Lipinski definition) is 11. The van der Waals surface area contributed by atoms with Gasteiger partial charge in [-0.05, 0) is 84.6 Å². The van der Waals surface area contributed by atoms with Crippen molar-refractivity contribution in [3.63, 3.8) is 0 Å². The van der Waals surface area contributed by atoms with Crippen molar-refractivity contribution in [2.24, 2.45) is 20.5 Å². The molecule has 0 aliphatic rings. The number of aryl methyl sites for hydroxylation is 1. The Labute approximate surface area is 258 Å². The van der Waals surface area contributed by atoms with Crippen molar-refractivity contribution in [2.45, 2.75) is 16.7 Å². The number of nitrogens with zero attached hydrogens (tertiary/aromatic N) is 4. The molecule has 0 saturated heterocycles. The predicted molar refractivity (Wildman–Crippen MR) is 167 cm³/mol. The molecular weight excluding hydrogens is 622 g/mol. The van der Waals surface area contributed by atoms with Crippen molar-refractivity contribution >= 4 is 65.1 Å². The molecule has 0 heterocycles. The molecule has 5 aromatic carbocycles. The number of methoxy groups -OCH3 is 1.